The van der Waals surface area contributed by atoms with Crippen LogP contribution in [-0.4, -0.2) is 17.6 Å². The summed E-state index contributed by atoms with van der Waals surface area (Å²) in [5.74, 6) is -0.622. The molecule has 0 spiro atoms. The molecule has 3 rings (SSSR count). The Hall–Kier alpha value is -3.08. The molecular weight excluding hydrogens is 328 g/mol. The number of ether oxygens (including phenoxy) is 1. The summed E-state index contributed by atoms with van der Waals surface area (Å²) < 4.78 is 5.10. The molecule has 0 aliphatic rings. The number of pyridine rings is 1. The van der Waals surface area contributed by atoms with Crippen molar-refractivity contribution in [3.05, 3.63) is 75.1 Å². The predicted molar refractivity (Wildman–Crippen MR) is 104 cm³/mol. The number of aromatic nitrogens is 1. The van der Waals surface area contributed by atoms with E-state index in [9.17, 15) is 9.59 Å². The molecule has 1 heterocycles. The van der Waals surface area contributed by atoms with Crippen LogP contribution in [0.3, 0.4) is 0 Å². The highest BCUT2D eigenvalue weighted by molar-refractivity contribution is 6.05. The lowest BCUT2D eigenvalue weighted by Gasteiger charge is -2.15. The number of para-hydroxylation sites is 1. The Kier molecular flexibility index (Phi) is 5.07. The third-order valence-electron chi connectivity index (χ3n) is 4.33. The van der Waals surface area contributed by atoms with Gasteiger partial charge in [-0.3, -0.25) is 4.79 Å². The van der Waals surface area contributed by atoms with Gasteiger partial charge in [-0.1, -0.05) is 48.0 Å². The maximum atomic E-state index is 12.6. The quantitative estimate of drug-likeness (QED) is 0.684. The molecule has 3 aromatic rings. The fourth-order valence-corrected chi connectivity index (χ4v) is 2.94. The first-order chi connectivity index (χ1) is 12.5. The standard InChI is InChI=1S/C21H22N2O3/c1-4-26-21(25)17-19(22-12-15-10-8-13(2)9-11-15)16-7-5-6-14(3)18(16)23-20(17)24/h5-11H,4,12H2,1-3H3,(H2,22,23,24). The molecule has 2 aromatic carbocycles. The van der Waals surface area contributed by atoms with Crippen molar-refractivity contribution < 1.29 is 9.53 Å². The zero-order chi connectivity index (χ0) is 18.7. The van der Waals surface area contributed by atoms with Gasteiger partial charge in [0.2, 0.25) is 0 Å². The number of aromatic amines is 1. The van der Waals surface area contributed by atoms with Crippen molar-refractivity contribution in [3.8, 4) is 0 Å². The molecule has 0 aliphatic carbocycles. The van der Waals surface area contributed by atoms with E-state index in [0.717, 1.165) is 22.0 Å². The fraction of sp³-hybridized carbons (Fsp3) is 0.238. The van der Waals surface area contributed by atoms with Crippen LogP contribution in [0.25, 0.3) is 10.9 Å². The minimum Gasteiger partial charge on any atom is -0.462 e. The zero-order valence-electron chi connectivity index (χ0n) is 15.2. The lowest BCUT2D eigenvalue weighted by Crippen LogP contribution is -2.23. The SMILES string of the molecule is CCOC(=O)c1c(NCc2ccc(C)cc2)c2cccc(C)c2[nH]c1=O. The summed E-state index contributed by atoms with van der Waals surface area (Å²) in [4.78, 5) is 27.8. The molecule has 0 amide bonds. The van der Waals surface area contributed by atoms with E-state index in [1.807, 2.05) is 56.3 Å². The second kappa shape index (κ2) is 7.44. The van der Waals surface area contributed by atoms with E-state index in [2.05, 4.69) is 10.3 Å². The predicted octanol–water partition coefficient (Wildman–Crippen LogP) is 3.93. The minimum absolute atomic E-state index is 0.0112. The number of hydrogen-bond donors (Lipinski definition) is 2. The summed E-state index contributed by atoms with van der Waals surface area (Å²) in [6, 6.07) is 13.8. The van der Waals surface area contributed by atoms with Crippen LogP contribution in [0, 0.1) is 13.8 Å². The van der Waals surface area contributed by atoms with Gasteiger partial charge in [0.1, 0.15) is 5.56 Å². The van der Waals surface area contributed by atoms with E-state index < -0.39 is 11.5 Å². The Bertz CT molecular complexity index is 1000. The number of esters is 1. The highest BCUT2D eigenvalue weighted by Gasteiger charge is 2.21. The van der Waals surface area contributed by atoms with E-state index >= 15 is 0 Å². The number of H-pyrrole nitrogens is 1. The number of hydrogen-bond acceptors (Lipinski definition) is 4. The van der Waals surface area contributed by atoms with Crippen LogP contribution in [0.5, 0.6) is 0 Å². The first-order valence-electron chi connectivity index (χ1n) is 8.63. The molecule has 1 aromatic heterocycles. The van der Waals surface area contributed by atoms with Crippen LogP contribution in [0.15, 0.2) is 47.3 Å². The average molecular weight is 350 g/mol. The number of carbonyl (C=O) groups excluding carboxylic acids is 1. The third-order valence-corrected chi connectivity index (χ3v) is 4.33. The maximum absolute atomic E-state index is 12.6. The van der Waals surface area contributed by atoms with Crippen LogP contribution in [-0.2, 0) is 11.3 Å². The molecule has 0 unspecified atom stereocenters. The van der Waals surface area contributed by atoms with Crippen LogP contribution in [0.4, 0.5) is 5.69 Å². The molecule has 0 saturated carbocycles. The molecule has 0 saturated heterocycles. The van der Waals surface area contributed by atoms with Crippen LogP contribution < -0.4 is 10.9 Å². The number of benzene rings is 2. The Morgan fingerprint density at radius 2 is 1.85 bits per heavy atom. The summed E-state index contributed by atoms with van der Waals surface area (Å²) in [7, 11) is 0. The van der Waals surface area contributed by atoms with Gasteiger partial charge in [-0.15, -0.1) is 0 Å². The summed E-state index contributed by atoms with van der Waals surface area (Å²) in [5.41, 5.74) is 3.97. The second-order valence-electron chi connectivity index (χ2n) is 6.26. The highest BCUT2D eigenvalue weighted by atomic mass is 16.5. The smallest absolute Gasteiger partial charge is 0.345 e. The summed E-state index contributed by atoms with van der Waals surface area (Å²) in [6.45, 7) is 6.38. The average Bonchev–Trinajstić information content (AvgIpc) is 2.62. The van der Waals surface area contributed by atoms with Gasteiger partial charge < -0.3 is 15.0 Å². The molecule has 2 N–H and O–H groups in total. The van der Waals surface area contributed by atoms with E-state index in [1.54, 1.807) is 6.92 Å². The highest BCUT2D eigenvalue weighted by Crippen LogP contribution is 2.27. The Morgan fingerprint density at radius 3 is 2.54 bits per heavy atom. The number of anilines is 1. The molecule has 0 atom stereocenters. The largest absolute Gasteiger partial charge is 0.462 e. The number of aryl methyl sites for hydroxylation is 2. The number of carbonyl (C=O) groups is 1. The van der Waals surface area contributed by atoms with Gasteiger partial charge in [-0.25, -0.2) is 4.79 Å². The van der Waals surface area contributed by atoms with Gasteiger partial charge in [0.25, 0.3) is 5.56 Å². The Labute approximate surface area is 152 Å². The van der Waals surface area contributed by atoms with E-state index in [1.165, 1.54) is 5.56 Å². The Morgan fingerprint density at radius 1 is 1.12 bits per heavy atom. The van der Waals surface area contributed by atoms with Crippen molar-refractivity contribution in [1.82, 2.24) is 4.98 Å². The summed E-state index contributed by atoms with van der Waals surface area (Å²) >= 11 is 0. The molecule has 0 fully saturated rings. The van der Waals surface area contributed by atoms with Crippen molar-refractivity contribution in [1.29, 1.82) is 0 Å². The maximum Gasteiger partial charge on any atom is 0.345 e. The molecular formula is C21H22N2O3. The first-order valence-corrected chi connectivity index (χ1v) is 8.63. The summed E-state index contributed by atoms with van der Waals surface area (Å²) in [6.07, 6.45) is 0. The molecule has 5 heteroatoms. The fourth-order valence-electron chi connectivity index (χ4n) is 2.94. The molecule has 5 nitrogen and oxygen atoms in total. The van der Waals surface area contributed by atoms with Gasteiger partial charge in [-0.05, 0) is 31.9 Å². The molecule has 0 bridgehead atoms. The van der Waals surface area contributed by atoms with E-state index in [0.29, 0.717) is 12.2 Å². The first kappa shape index (κ1) is 17.7. The van der Waals surface area contributed by atoms with E-state index in [-0.39, 0.29) is 12.2 Å². The molecule has 0 aliphatic heterocycles. The minimum atomic E-state index is -0.622. The van der Waals surface area contributed by atoms with Crippen LogP contribution in [0.1, 0.15) is 34.0 Å². The second-order valence-corrected chi connectivity index (χ2v) is 6.26. The lowest BCUT2D eigenvalue weighted by atomic mass is 10.1. The normalized spacial score (nSPS) is 10.7. The van der Waals surface area contributed by atoms with Crippen molar-refractivity contribution in [3.63, 3.8) is 0 Å². The van der Waals surface area contributed by atoms with Gasteiger partial charge >= 0.3 is 5.97 Å². The zero-order valence-corrected chi connectivity index (χ0v) is 15.2. The van der Waals surface area contributed by atoms with Crippen molar-refractivity contribution in [2.45, 2.75) is 27.3 Å². The van der Waals surface area contributed by atoms with Crippen molar-refractivity contribution >= 4 is 22.6 Å². The van der Waals surface area contributed by atoms with Gasteiger partial charge in [0, 0.05) is 11.9 Å². The third kappa shape index (κ3) is 3.47. The van der Waals surface area contributed by atoms with Crippen LogP contribution >= 0.6 is 0 Å². The van der Waals surface area contributed by atoms with Gasteiger partial charge in [0.05, 0.1) is 17.8 Å². The van der Waals surface area contributed by atoms with E-state index in [4.69, 9.17) is 4.74 Å². The molecule has 0 radical (unpaired) electrons. The van der Waals surface area contributed by atoms with Crippen molar-refractivity contribution in [2.24, 2.45) is 0 Å². The number of rotatable bonds is 5. The monoisotopic (exact) mass is 350 g/mol. The topological polar surface area (TPSA) is 71.2 Å². The molecule has 26 heavy (non-hydrogen) atoms. The van der Waals surface area contributed by atoms with Gasteiger partial charge in [0.15, 0.2) is 0 Å². The van der Waals surface area contributed by atoms with Crippen molar-refractivity contribution in [2.75, 3.05) is 11.9 Å². The van der Waals surface area contributed by atoms with Gasteiger partial charge in [-0.2, -0.15) is 0 Å². The molecule has 134 valence electrons. The number of fused-ring (bicyclic) bond motifs is 1. The van der Waals surface area contributed by atoms with Crippen LogP contribution in [0.2, 0.25) is 0 Å². The lowest BCUT2D eigenvalue weighted by molar-refractivity contribution is 0.0525. The Balaban J connectivity index is 2.11. The number of nitrogens with one attached hydrogen (secondary N) is 2. The summed E-state index contributed by atoms with van der Waals surface area (Å²) in [5, 5.41) is 4.07.